The number of aromatic nitrogens is 2. The molecule has 5 nitrogen and oxygen atoms in total. The van der Waals surface area contributed by atoms with Gasteiger partial charge in [-0.05, 0) is 50.9 Å². The highest BCUT2D eigenvalue weighted by Gasteiger charge is 2.20. The maximum atomic E-state index is 13.0. The molecule has 1 aliphatic rings. The lowest BCUT2D eigenvalue weighted by Crippen LogP contribution is -2.38. The van der Waals surface area contributed by atoms with Gasteiger partial charge in [0.15, 0.2) is 0 Å². The number of carbonyl (C=O) groups is 1. The van der Waals surface area contributed by atoms with Crippen molar-refractivity contribution >= 4 is 18.3 Å². The molecule has 1 amide bonds. The Morgan fingerprint density at radius 1 is 1.17 bits per heavy atom. The zero-order valence-corrected chi connectivity index (χ0v) is 17.4. The van der Waals surface area contributed by atoms with E-state index in [1.54, 1.807) is 4.68 Å². The normalized spacial score (nSPS) is 16.1. The van der Waals surface area contributed by atoms with Crippen molar-refractivity contribution in [2.75, 3.05) is 19.6 Å². The number of carbonyl (C=O) groups excluding carboxylic acids is 1. The van der Waals surface area contributed by atoms with Gasteiger partial charge in [-0.2, -0.15) is 5.10 Å². The lowest BCUT2D eigenvalue weighted by Gasteiger charge is -2.22. The minimum absolute atomic E-state index is 0. The van der Waals surface area contributed by atoms with Crippen LogP contribution in [0.15, 0.2) is 60.8 Å². The predicted molar refractivity (Wildman–Crippen MR) is 119 cm³/mol. The molecule has 3 aromatic rings. The number of nitrogens with one attached hydrogen (secondary N) is 2. The van der Waals surface area contributed by atoms with E-state index in [2.05, 4.69) is 29.7 Å². The summed E-state index contributed by atoms with van der Waals surface area (Å²) >= 11 is 0. The van der Waals surface area contributed by atoms with E-state index in [0.29, 0.717) is 23.7 Å². The van der Waals surface area contributed by atoms with Crippen LogP contribution in [0.25, 0.3) is 16.9 Å². The molecule has 1 saturated heterocycles. The van der Waals surface area contributed by atoms with Crippen molar-refractivity contribution in [1.29, 1.82) is 0 Å². The third kappa shape index (κ3) is 5.05. The summed E-state index contributed by atoms with van der Waals surface area (Å²) < 4.78 is 1.79. The molecule has 2 N–H and O–H groups in total. The summed E-state index contributed by atoms with van der Waals surface area (Å²) in [6, 6.07) is 18.0. The van der Waals surface area contributed by atoms with Gasteiger partial charge in [-0.1, -0.05) is 48.0 Å². The summed E-state index contributed by atoms with van der Waals surface area (Å²) in [4.78, 5) is 13.0. The summed E-state index contributed by atoms with van der Waals surface area (Å²) in [5.41, 5.74) is 4.39. The quantitative estimate of drug-likeness (QED) is 0.668. The average Bonchev–Trinajstić information content (AvgIpc) is 3.19. The Bertz CT molecular complexity index is 931. The van der Waals surface area contributed by atoms with Crippen LogP contribution in [0.2, 0.25) is 0 Å². The fourth-order valence-corrected chi connectivity index (χ4v) is 3.61. The molecule has 0 spiro atoms. The van der Waals surface area contributed by atoms with Gasteiger partial charge in [0.05, 0.1) is 11.3 Å². The highest BCUT2D eigenvalue weighted by molar-refractivity contribution is 5.99. The van der Waals surface area contributed by atoms with Crippen molar-refractivity contribution in [1.82, 2.24) is 20.4 Å². The van der Waals surface area contributed by atoms with Gasteiger partial charge in [-0.15, -0.1) is 12.4 Å². The Kier molecular flexibility index (Phi) is 7.07. The Balaban J connectivity index is 0.00000240. The first-order chi connectivity index (χ1) is 13.7. The molecule has 0 radical (unpaired) electrons. The van der Waals surface area contributed by atoms with Gasteiger partial charge in [0, 0.05) is 18.3 Å². The maximum Gasteiger partial charge on any atom is 0.255 e. The number of benzene rings is 2. The monoisotopic (exact) mass is 410 g/mol. The third-order valence-corrected chi connectivity index (χ3v) is 5.25. The second-order valence-corrected chi connectivity index (χ2v) is 7.46. The topological polar surface area (TPSA) is 59.0 Å². The Labute approximate surface area is 177 Å². The lowest BCUT2D eigenvalue weighted by atomic mass is 9.99. The Hall–Kier alpha value is -2.63. The number of hydrogen-bond acceptors (Lipinski definition) is 3. The van der Waals surface area contributed by atoms with E-state index in [0.717, 1.165) is 30.8 Å². The van der Waals surface area contributed by atoms with Crippen molar-refractivity contribution in [3.63, 3.8) is 0 Å². The molecule has 2 aromatic carbocycles. The molecule has 4 rings (SSSR count). The summed E-state index contributed by atoms with van der Waals surface area (Å²) in [5.74, 6) is 0.424. The molecule has 1 aliphatic heterocycles. The van der Waals surface area contributed by atoms with Crippen LogP contribution < -0.4 is 10.6 Å². The SMILES string of the molecule is Cc1ccc(-n2cc(C(=O)NCC3CCCNC3)c(-c3ccccc3)n2)cc1.Cl. The van der Waals surface area contributed by atoms with Crippen LogP contribution in [0.1, 0.15) is 28.8 Å². The molecule has 6 heteroatoms. The molecule has 1 unspecified atom stereocenters. The van der Waals surface area contributed by atoms with Crippen molar-refractivity contribution in [2.24, 2.45) is 5.92 Å². The van der Waals surface area contributed by atoms with Crippen molar-refractivity contribution in [3.8, 4) is 16.9 Å². The number of nitrogens with zero attached hydrogens (tertiary/aromatic N) is 2. The van der Waals surface area contributed by atoms with E-state index in [1.165, 1.54) is 12.0 Å². The van der Waals surface area contributed by atoms with Gasteiger partial charge in [0.25, 0.3) is 5.91 Å². The zero-order valence-electron chi connectivity index (χ0n) is 16.6. The number of halogens is 1. The standard InChI is InChI=1S/C23H26N4O.ClH/c1-17-9-11-20(12-10-17)27-16-21(22(26-27)19-7-3-2-4-8-19)23(28)25-15-18-6-5-13-24-14-18;/h2-4,7-12,16,18,24H,5-6,13-15H2,1H3,(H,25,28);1H. The van der Waals surface area contributed by atoms with Crippen LogP contribution in [0, 0.1) is 12.8 Å². The number of aryl methyl sites for hydroxylation is 1. The highest BCUT2D eigenvalue weighted by Crippen LogP contribution is 2.24. The fourth-order valence-electron chi connectivity index (χ4n) is 3.61. The third-order valence-electron chi connectivity index (χ3n) is 5.25. The largest absolute Gasteiger partial charge is 0.352 e. The second kappa shape index (κ2) is 9.72. The van der Waals surface area contributed by atoms with Gasteiger partial charge < -0.3 is 10.6 Å². The van der Waals surface area contributed by atoms with Crippen molar-refractivity contribution in [3.05, 3.63) is 71.9 Å². The van der Waals surface area contributed by atoms with Crippen molar-refractivity contribution < 1.29 is 4.79 Å². The van der Waals surface area contributed by atoms with Crippen LogP contribution in [-0.2, 0) is 0 Å². The van der Waals surface area contributed by atoms with Crippen LogP contribution in [0.3, 0.4) is 0 Å². The zero-order chi connectivity index (χ0) is 19.3. The van der Waals surface area contributed by atoms with Crippen LogP contribution in [-0.4, -0.2) is 35.3 Å². The fraction of sp³-hybridized carbons (Fsp3) is 0.304. The smallest absolute Gasteiger partial charge is 0.255 e. The van der Waals surface area contributed by atoms with E-state index in [4.69, 9.17) is 5.10 Å². The molecule has 29 heavy (non-hydrogen) atoms. The van der Waals surface area contributed by atoms with E-state index in [1.807, 2.05) is 48.7 Å². The molecule has 152 valence electrons. The minimum Gasteiger partial charge on any atom is -0.352 e. The first-order valence-electron chi connectivity index (χ1n) is 9.92. The Morgan fingerprint density at radius 2 is 1.93 bits per heavy atom. The van der Waals surface area contributed by atoms with Crippen LogP contribution >= 0.6 is 12.4 Å². The maximum absolute atomic E-state index is 13.0. The summed E-state index contributed by atoms with van der Waals surface area (Å²) in [6.07, 6.45) is 4.16. The van der Waals surface area contributed by atoms with E-state index in [9.17, 15) is 4.79 Å². The number of hydrogen-bond donors (Lipinski definition) is 2. The molecule has 1 fully saturated rings. The van der Waals surface area contributed by atoms with Gasteiger partial charge >= 0.3 is 0 Å². The number of amides is 1. The van der Waals surface area contributed by atoms with Gasteiger partial charge in [-0.25, -0.2) is 4.68 Å². The van der Waals surface area contributed by atoms with E-state index in [-0.39, 0.29) is 18.3 Å². The van der Waals surface area contributed by atoms with Crippen LogP contribution in [0.4, 0.5) is 0 Å². The summed E-state index contributed by atoms with van der Waals surface area (Å²) in [5, 5.41) is 11.3. The molecule has 0 bridgehead atoms. The summed E-state index contributed by atoms with van der Waals surface area (Å²) in [6.45, 7) is 4.79. The number of rotatable bonds is 5. The van der Waals surface area contributed by atoms with Gasteiger partial charge in [-0.3, -0.25) is 4.79 Å². The predicted octanol–water partition coefficient (Wildman–Crippen LogP) is 4.00. The lowest BCUT2D eigenvalue weighted by molar-refractivity contribution is 0.0945. The molecule has 0 saturated carbocycles. The molecule has 2 heterocycles. The van der Waals surface area contributed by atoms with E-state index < -0.39 is 0 Å². The molecule has 1 atom stereocenters. The first-order valence-corrected chi connectivity index (χ1v) is 9.92. The van der Waals surface area contributed by atoms with Crippen LogP contribution in [0.5, 0.6) is 0 Å². The minimum atomic E-state index is -0.0669. The van der Waals surface area contributed by atoms with Gasteiger partial charge in [0.1, 0.15) is 5.69 Å². The van der Waals surface area contributed by atoms with Crippen molar-refractivity contribution in [2.45, 2.75) is 19.8 Å². The van der Waals surface area contributed by atoms with E-state index >= 15 is 0 Å². The highest BCUT2D eigenvalue weighted by atomic mass is 35.5. The first kappa shape index (κ1) is 21.1. The molecule has 0 aliphatic carbocycles. The second-order valence-electron chi connectivity index (χ2n) is 7.46. The molecular weight excluding hydrogens is 384 g/mol. The molecule has 1 aromatic heterocycles. The number of piperidine rings is 1. The Morgan fingerprint density at radius 3 is 2.62 bits per heavy atom. The molecular formula is C23H27ClN4O. The summed E-state index contributed by atoms with van der Waals surface area (Å²) in [7, 11) is 0. The van der Waals surface area contributed by atoms with Gasteiger partial charge in [0.2, 0.25) is 0 Å². The average molecular weight is 411 g/mol.